The van der Waals surface area contributed by atoms with E-state index >= 15 is 0 Å². The molecule has 30 heavy (non-hydrogen) atoms. The predicted molar refractivity (Wildman–Crippen MR) is 105 cm³/mol. The van der Waals surface area contributed by atoms with Crippen LogP contribution in [0.5, 0.6) is 0 Å². The molecule has 0 heterocycles. The van der Waals surface area contributed by atoms with E-state index in [0.717, 1.165) is 36.4 Å². The normalized spacial score (nSPS) is 11.9. The largest absolute Gasteiger partial charge is 0.321 e. The van der Waals surface area contributed by atoms with Crippen LogP contribution in [0.25, 0.3) is 10.8 Å². The zero-order valence-electron chi connectivity index (χ0n) is 14.7. The summed E-state index contributed by atoms with van der Waals surface area (Å²) in [5.41, 5.74) is -0.916. The molecule has 156 valence electrons. The molecule has 3 N–H and O–H groups in total. The van der Waals surface area contributed by atoms with Gasteiger partial charge < -0.3 is 5.32 Å². The third-order valence-electron chi connectivity index (χ3n) is 4.08. The maximum Gasteiger partial charge on any atom is 0.297 e. The van der Waals surface area contributed by atoms with Gasteiger partial charge in [-0.15, -0.1) is 0 Å². The van der Waals surface area contributed by atoms with E-state index in [-0.39, 0.29) is 22.0 Å². The minimum absolute atomic E-state index is 0.155. The number of hydrogen-bond acceptors (Lipinski definition) is 7. The molecule has 0 bridgehead atoms. The van der Waals surface area contributed by atoms with Crippen molar-refractivity contribution in [2.24, 2.45) is 0 Å². The SMILES string of the molecule is O=C(Nc1ccc2c(S(=O)(=O)O)cccc2c1S(=O)(=O)O)c1cccc([N+](=O)[O-])c1. The maximum absolute atomic E-state index is 12.5. The first-order valence-electron chi connectivity index (χ1n) is 7.96. The second-order valence-corrected chi connectivity index (χ2v) is 8.75. The summed E-state index contributed by atoms with van der Waals surface area (Å²) < 4.78 is 66.1. The van der Waals surface area contributed by atoms with E-state index in [2.05, 4.69) is 5.32 Å². The van der Waals surface area contributed by atoms with E-state index in [1.54, 1.807) is 0 Å². The molecule has 0 spiro atoms. The Kier molecular flexibility index (Phi) is 5.30. The summed E-state index contributed by atoms with van der Waals surface area (Å²) in [5, 5.41) is 12.6. The third-order valence-corrected chi connectivity index (χ3v) is 5.94. The highest BCUT2D eigenvalue weighted by Gasteiger charge is 2.24. The number of benzene rings is 3. The van der Waals surface area contributed by atoms with Gasteiger partial charge in [0.05, 0.1) is 10.6 Å². The fourth-order valence-corrected chi connectivity index (χ4v) is 4.42. The Morgan fingerprint density at radius 3 is 2.17 bits per heavy atom. The van der Waals surface area contributed by atoms with Crippen LogP contribution < -0.4 is 5.32 Å². The molecule has 0 atom stereocenters. The number of nitrogens with zero attached hydrogens (tertiary/aromatic N) is 1. The lowest BCUT2D eigenvalue weighted by atomic mass is 10.1. The van der Waals surface area contributed by atoms with Crippen LogP contribution in [0.2, 0.25) is 0 Å². The molecule has 0 radical (unpaired) electrons. The molecule has 0 aliphatic carbocycles. The van der Waals surface area contributed by atoms with Gasteiger partial charge in [-0.2, -0.15) is 16.8 Å². The van der Waals surface area contributed by atoms with Crippen molar-refractivity contribution >= 4 is 48.3 Å². The highest BCUT2D eigenvalue weighted by atomic mass is 32.2. The molecular formula is C17H12N2O9S2. The van der Waals surface area contributed by atoms with Crippen molar-refractivity contribution in [2.45, 2.75) is 9.79 Å². The summed E-state index contributed by atoms with van der Waals surface area (Å²) in [6, 6.07) is 10.2. The van der Waals surface area contributed by atoms with Gasteiger partial charge in [0.2, 0.25) is 0 Å². The number of nitrogens with one attached hydrogen (secondary N) is 1. The van der Waals surface area contributed by atoms with Gasteiger partial charge >= 0.3 is 0 Å². The van der Waals surface area contributed by atoms with Gasteiger partial charge in [-0.1, -0.05) is 24.3 Å². The van der Waals surface area contributed by atoms with E-state index < -0.39 is 46.5 Å². The number of hydrogen-bond donors (Lipinski definition) is 3. The number of fused-ring (bicyclic) bond motifs is 1. The molecule has 0 saturated carbocycles. The molecule has 0 unspecified atom stereocenters. The van der Waals surface area contributed by atoms with Crippen LogP contribution in [-0.2, 0) is 20.2 Å². The van der Waals surface area contributed by atoms with Gasteiger partial charge in [0.25, 0.3) is 31.8 Å². The molecule has 0 aromatic heterocycles. The van der Waals surface area contributed by atoms with Crippen molar-refractivity contribution in [1.29, 1.82) is 0 Å². The lowest BCUT2D eigenvalue weighted by molar-refractivity contribution is -0.384. The Bertz CT molecular complexity index is 1410. The lowest BCUT2D eigenvalue weighted by Gasteiger charge is -2.13. The average Bonchev–Trinajstić information content (AvgIpc) is 2.65. The van der Waals surface area contributed by atoms with Gasteiger partial charge in [0.15, 0.2) is 0 Å². The highest BCUT2D eigenvalue weighted by molar-refractivity contribution is 7.86. The first-order valence-corrected chi connectivity index (χ1v) is 10.8. The van der Waals surface area contributed by atoms with Crippen LogP contribution in [0.1, 0.15) is 10.4 Å². The van der Waals surface area contributed by atoms with Crippen molar-refractivity contribution < 1.29 is 35.7 Å². The number of non-ortho nitro benzene ring substituents is 1. The van der Waals surface area contributed by atoms with Crippen molar-refractivity contribution in [3.8, 4) is 0 Å². The van der Waals surface area contributed by atoms with Crippen LogP contribution in [-0.4, -0.2) is 36.8 Å². The Morgan fingerprint density at radius 1 is 0.900 bits per heavy atom. The average molecular weight is 452 g/mol. The Labute approximate surface area is 169 Å². The third kappa shape index (κ3) is 4.13. The fraction of sp³-hybridized carbons (Fsp3) is 0. The zero-order chi connectivity index (χ0) is 22.3. The molecule has 13 heteroatoms. The van der Waals surface area contributed by atoms with Gasteiger partial charge in [0.1, 0.15) is 9.79 Å². The maximum atomic E-state index is 12.5. The second kappa shape index (κ2) is 7.46. The minimum atomic E-state index is -4.97. The van der Waals surface area contributed by atoms with Crippen molar-refractivity contribution in [3.63, 3.8) is 0 Å². The minimum Gasteiger partial charge on any atom is -0.321 e. The van der Waals surface area contributed by atoms with Crippen LogP contribution in [0.15, 0.2) is 64.4 Å². The van der Waals surface area contributed by atoms with Gasteiger partial charge in [-0.25, -0.2) is 0 Å². The summed E-state index contributed by atoms with van der Waals surface area (Å²) in [7, 11) is -9.68. The van der Waals surface area contributed by atoms with Gasteiger partial charge in [0, 0.05) is 28.5 Å². The predicted octanol–water partition coefficient (Wildman–Crippen LogP) is 2.49. The zero-order valence-corrected chi connectivity index (χ0v) is 16.3. The number of anilines is 1. The Hall–Kier alpha value is -3.39. The summed E-state index contributed by atoms with van der Waals surface area (Å²) in [6.07, 6.45) is 0. The van der Waals surface area contributed by atoms with Crippen LogP contribution in [0, 0.1) is 10.1 Å². The number of rotatable bonds is 5. The molecule has 3 aromatic carbocycles. The van der Waals surface area contributed by atoms with Crippen LogP contribution >= 0.6 is 0 Å². The molecule has 3 rings (SSSR count). The van der Waals surface area contributed by atoms with Crippen LogP contribution in [0.3, 0.4) is 0 Å². The highest BCUT2D eigenvalue weighted by Crippen LogP contribution is 2.34. The quantitative estimate of drug-likeness (QED) is 0.297. The number of amides is 1. The summed E-state index contributed by atoms with van der Waals surface area (Å²) in [6.45, 7) is 0. The molecule has 3 aromatic rings. The molecule has 0 aliphatic heterocycles. The van der Waals surface area contributed by atoms with E-state index in [4.69, 9.17) is 0 Å². The number of nitro benzene ring substituents is 1. The van der Waals surface area contributed by atoms with E-state index in [9.17, 15) is 40.8 Å². The van der Waals surface area contributed by atoms with E-state index in [1.807, 2.05) is 0 Å². The topological polar surface area (TPSA) is 181 Å². The molecule has 0 saturated heterocycles. The smallest absolute Gasteiger partial charge is 0.297 e. The van der Waals surface area contributed by atoms with Crippen molar-refractivity contribution in [3.05, 3.63) is 70.3 Å². The molecule has 11 nitrogen and oxygen atoms in total. The van der Waals surface area contributed by atoms with Crippen molar-refractivity contribution in [2.75, 3.05) is 5.32 Å². The Morgan fingerprint density at radius 2 is 1.57 bits per heavy atom. The molecule has 1 amide bonds. The number of carbonyl (C=O) groups is 1. The van der Waals surface area contributed by atoms with Crippen molar-refractivity contribution in [1.82, 2.24) is 0 Å². The van der Waals surface area contributed by atoms with Gasteiger partial charge in [-0.3, -0.25) is 24.0 Å². The molecular weight excluding hydrogens is 440 g/mol. The fourth-order valence-electron chi connectivity index (χ4n) is 2.86. The number of nitro groups is 1. The standard InChI is InChI=1S/C17H12N2O9S2/c20-17(10-3-1-4-11(9-10)19(21)22)18-14-8-7-12-13(16(14)30(26,27)28)5-2-6-15(12)29(23,24)25/h1-9H,(H,18,20)(H,23,24,25)(H,26,27,28). The lowest BCUT2D eigenvalue weighted by Crippen LogP contribution is -2.15. The summed E-state index contributed by atoms with van der Waals surface area (Å²) in [4.78, 5) is 21.2. The van der Waals surface area contributed by atoms with E-state index in [0.29, 0.717) is 0 Å². The first-order chi connectivity index (χ1) is 13.9. The number of carbonyl (C=O) groups excluding carboxylic acids is 1. The van der Waals surface area contributed by atoms with Crippen LogP contribution in [0.4, 0.5) is 11.4 Å². The monoisotopic (exact) mass is 452 g/mol. The summed E-state index contributed by atoms with van der Waals surface area (Å²) >= 11 is 0. The summed E-state index contributed by atoms with van der Waals surface area (Å²) in [5.74, 6) is -0.908. The molecule has 0 aliphatic rings. The van der Waals surface area contributed by atoms with Gasteiger partial charge in [-0.05, 0) is 18.2 Å². The second-order valence-electron chi connectivity index (χ2n) is 6.01. The first kappa shape index (κ1) is 21.3. The Balaban J connectivity index is 2.19. The van der Waals surface area contributed by atoms with E-state index in [1.165, 1.54) is 18.2 Å². The molecule has 0 fully saturated rings.